The molecule has 0 saturated heterocycles. The number of fused-ring (bicyclic) bond motifs is 4. The molecule has 0 atom stereocenters. The van der Waals surface area contributed by atoms with Gasteiger partial charge in [-0.3, -0.25) is 0 Å². The Kier molecular flexibility index (Phi) is 6.40. The van der Waals surface area contributed by atoms with Crippen LogP contribution in [0, 0.1) is 17.8 Å². The van der Waals surface area contributed by atoms with Gasteiger partial charge in [-0.1, -0.05) is 121 Å². The van der Waals surface area contributed by atoms with E-state index in [-0.39, 0.29) is 0 Å². The molecule has 4 aliphatic rings. The number of benzene rings is 6. The summed E-state index contributed by atoms with van der Waals surface area (Å²) in [5.74, 6) is 4.82. The smallest absolute Gasteiger partial charge is 0.164 e. The first-order chi connectivity index (χ1) is 25.2. The minimum Gasteiger partial charge on any atom is -0.455 e. The lowest BCUT2D eigenvalue weighted by Crippen LogP contribution is -2.48. The van der Waals surface area contributed by atoms with Crippen molar-refractivity contribution >= 4 is 32.7 Å². The van der Waals surface area contributed by atoms with Gasteiger partial charge in [-0.2, -0.15) is 0 Å². The molecular weight excluding hydrogens is 623 g/mol. The SMILES string of the molecule is c1ccc(-c2nc(-c3ccc(C45CC6CC(CC(C6)C4)C5)cc3)nc(-c3ccc(-c4cccc5c4oc4ccccc45)c4ccccc34)n2)cc1. The molecule has 4 bridgehead atoms. The molecule has 4 saturated carbocycles. The highest BCUT2D eigenvalue weighted by molar-refractivity contribution is 6.13. The van der Waals surface area contributed by atoms with Crippen molar-refractivity contribution in [2.45, 2.75) is 43.9 Å². The summed E-state index contributed by atoms with van der Waals surface area (Å²) in [6, 6.07) is 47.2. The van der Waals surface area contributed by atoms with E-state index in [1.54, 1.807) is 0 Å². The highest BCUT2D eigenvalue weighted by atomic mass is 16.3. The summed E-state index contributed by atoms with van der Waals surface area (Å²) in [7, 11) is 0. The van der Waals surface area contributed by atoms with Crippen molar-refractivity contribution in [3.63, 3.8) is 0 Å². The molecule has 4 nitrogen and oxygen atoms in total. The monoisotopic (exact) mass is 659 g/mol. The molecule has 8 aromatic rings. The molecule has 51 heavy (non-hydrogen) atoms. The lowest BCUT2D eigenvalue weighted by molar-refractivity contribution is -0.00518. The van der Waals surface area contributed by atoms with Crippen LogP contribution >= 0.6 is 0 Å². The predicted molar refractivity (Wildman–Crippen MR) is 206 cm³/mol. The number of furan rings is 1. The Morgan fingerprint density at radius 3 is 1.69 bits per heavy atom. The van der Waals surface area contributed by atoms with E-state index in [1.807, 2.05) is 30.3 Å². The van der Waals surface area contributed by atoms with Crippen LogP contribution in [-0.2, 0) is 5.41 Å². The Morgan fingerprint density at radius 2 is 0.980 bits per heavy atom. The summed E-state index contributed by atoms with van der Waals surface area (Å²) >= 11 is 0. The van der Waals surface area contributed by atoms with Crippen molar-refractivity contribution in [3.05, 3.63) is 139 Å². The summed E-state index contributed by atoms with van der Waals surface area (Å²) in [5.41, 5.74) is 8.87. The van der Waals surface area contributed by atoms with Crippen molar-refractivity contribution in [1.82, 2.24) is 15.0 Å². The van der Waals surface area contributed by atoms with Gasteiger partial charge >= 0.3 is 0 Å². The molecule has 0 aliphatic heterocycles. The molecule has 0 unspecified atom stereocenters. The summed E-state index contributed by atoms with van der Waals surface area (Å²) in [4.78, 5) is 15.4. The summed E-state index contributed by atoms with van der Waals surface area (Å²) in [6.07, 6.45) is 8.45. The van der Waals surface area contributed by atoms with E-state index in [2.05, 4.69) is 103 Å². The van der Waals surface area contributed by atoms with Crippen LogP contribution in [0.1, 0.15) is 44.1 Å². The Bertz CT molecular complexity index is 2580. The van der Waals surface area contributed by atoms with E-state index >= 15 is 0 Å². The summed E-state index contributed by atoms with van der Waals surface area (Å²) in [6.45, 7) is 0. The molecule has 4 aliphatic carbocycles. The summed E-state index contributed by atoms with van der Waals surface area (Å²) in [5, 5.41) is 4.48. The molecule has 4 fully saturated rings. The standard InChI is InChI=1S/C47H37N3O/c1-2-9-32(10-3-1)44-48-45(33-17-19-34(20-18-33)47-26-29-23-30(27-47)25-31(24-29)28-47)50-46(49-44)41-22-21-37(35-11-4-5-12-36(35)41)39-14-8-15-40-38-13-6-7-16-42(38)51-43(39)40/h1-22,29-31H,23-28H2. The predicted octanol–water partition coefficient (Wildman–Crippen LogP) is 12.1. The van der Waals surface area contributed by atoms with E-state index < -0.39 is 0 Å². The second-order valence-electron chi connectivity index (χ2n) is 15.4. The molecule has 2 heterocycles. The van der Waals surface area contributed by atoms with E-state index in [9.17, 15) is 0 Å². The zero-order valence-corrected chi connectivity index (χ0v) is 28.4. The van der Waals surface area contributed by atoms with Gasteiger partial charge in [0.15, 0.2) is 17.5 Å². The minimum atomic E-state index is 0.361. The van der Waals surface area contributed by atoms with E-state index in [1.165, 1.54) is 44.1 Å². The van der Waals surface area contributed by atoms with Crippen molar-refractivity contribution in [3.8, 4) is 45.3 Å². The van der Waals surface area contributed by atoms with Crippen molar-refractivity contribution in [2.24, 2.45) is 17.8 Å². The molecule has 246 valence electrons. The third-order valence-corrected chi connectivity index (χ3v) is 12.3. The molecule has 0 radical (unpaired) electrons. The van der Waals surface area contributed by atoms with Crippen molar-refractivity contribution < 1.29 is 4.42 Å². The Morgan fingerprint density at radius 1 is 0.431 bits per heavy atom. The van der Waals surface area contributed by atoms with Crippen LogP contribution in [0.2, 0.25) is 0 Å². The number of aromatic nitrogens is 3. The van der Waals surface area contributed by atoms with Crippen LogP contribution < -0.4 is 0 Å². The quantitative estimate of drug-likeness (QED) is 0.184. The van der Waals surface area contributed by atoms with Gasteiger partial charge in [-0.05, 0) is 95.7 Å². The number of rotatable bonds is 5. The van der Waals surface area contributed by atoms with Crippen molar-refractivity contribution in [2.75, 3.05) is 0 Å². The first kappa shape index (κ1) is 29.2. The van der Waals surface area contributed by atoms with Crippen LogP contribution in [0.25, 0.3) is 78.0 Å². The highest BCUT2D eigenvalue weighted by Gasteiger charge is 2.51. The molecule has 6 aromatic carbocycles. The van der Waals surface area contributed by atoms with E-state index in [0.29, 0.717) is 22.9 Å². The number of hydrogen-bond donors (Lipinski definition) is 0. The molecular formula is C47H37N3O. The van der Waals surface area contributed by atoms with Crippen LogP contribution in [0.15, 0.2) is 138 Å². The van der Waals surface area contributed by atoms with Gasteiger partial charge in [0.2, 0.25) is 0 Å². The first-order valence-corrected chi connectivity index (χ1v) is 18.5. The molecule has 4 heteroatoms. The highest BCUT2D eigenvalue weighted by Crippen LogP contribution is 2.60. The lowest BCUT2D eigenvalue weighted by atomic mass is 9.48. The Balaban J connectivity index is 1.04. The maximum Gasteiger partial charge on any atom is 0.164 e. The van der Waals surface area contributed by atoms with Gasteiger partial charge in [-0.15, -0.1) is 0 Å². The third kappa shape index (κ3) is 4.69. The third-order valence-electron chi connectivity index (χ3n) is 12.3. The molecule has 2 aromatic heterocycles. The molecule has 0 amide bonds. The fourth-order valence-corrected chi connectivity index (χ4v) is 10.5. The molecule has 0 N–H and O–H groups in total. The Labute approximate surface area is 297 Å². The van der Waals surface area contributed by atoms with Crippen LogP contribution in [0.5, 0.6) is 0 Å². The van der Waals surface area contributed by atoms with Gasteiger partial charge in [0.05, 0.1) is 0 Å². The van der Waals surface area contributed by atoms with Gasteiger partial charge < -0.3 is 4.42 Å². The van der Waals surface area contributed by atoms with Gasteiger partial charge in [-0.25, -0.2) is 15.0 Å². The van der Waals surface area contributed by atoms with Gasteiger partial charge in [0.25, 0.3) is 0 Å². The van der Waals surface area contributed by atoms with E-state index in [4.69, 9.17) is 19.4 Å². The van der Waals surface area contributed by atoms with Crippen molar-refractivity contribution in [1.29, 1.82) is 0 Å². The molecule has 12 rings (SSSR count). The number of nitrogens with zero attached hydrogens (tertiary/aromatic N) is 3. The fourth-order valence-electron chi connectivity index (χ4n) is 10.5. The fraction of sp³-hybridized carbons (Fsp3) is 0.213. The van der Waals surface area contributed by atoms with Crippen LogP contribution in [0.3, 0.4) is 0 Å². The molecule has 0 spiro atoms. The first-order valence-electron chi connectivity index (χ1n) is 18.5. The van der Waals surface area contributed by atoms with Gasteiger partial charge in [0.1, 0.15) is 11.2 Å². The average Bonchev–Trinajstić information content (AvgIpc) is 3.56. The van der Waals surface area contributed by atoms with Crippen LogP contribution in [-0.4, -0.2) is 15.0 Å². The number of para-hydroxylation sites is 2. The second-order valence-corrected chi connectivity index (χ2v) is 15.4. The average molecular weight is 660 g/mol. The van der Waals surface area contributed by atoms with Gasteiger partial charge in [0, 0.05) is 33.0 Å². The topological polar surface area (TPSA) is 51.8 Å². The minimum absolute atomic E-state index is 0.361. The second kappa shape index (κ2) is 11.2. The van der Waals surface area contributed by atoms with Crippen LogP contribution in [0.4, 0.5) is 0 Å². The zero-order chi connectivity index (χ0) is 33.5. The van der Waals surface area contributed by atoms with E-state index in [0.717, 1.165) is 78.3 Å². The summed E-state index contributed by atoms with van der Waals surface area (Å²) < 4.78 is 6.47. The Hall–Kier alpha value is -5.61. The maximum atomic E-state index is 6.47. The maximum absolute atomic E-state index is 6.47. The normalized spacial score (nSPS) is 22.3. The zero-order valence-electron chi connectivity index (χ0n) is 28.4. The largest absolute Gasteiger partial charge is 0.455 e. The lowest BCUT2D eigenvalue weighted by Gasteiger charge is -2.57. The number of hydrogen-bond acceptors (Lipinski definition) is 4.